The van der Waals surface area contributed by atoms with Gasteiger partial charge in [0.05, 0.1) is 6.61 Å². The van der Waals surface area contributed by atoms with Crippen molar-refractivity contribution in [3.05, 3.63) is 59.7 Å². The normalized spacial score (nSPS) is 10.6. The molecular formula is C20H22O5. The summed E-state index contributed by atoms with van der Waals surface area (Å²) in [5, 5.41) is 8.70. The first-order valence-electron chi connectivity index (χ1n) is 8.09. The number of ether oxygens (including phenoxy) is 3. The van der Waals surface area contributed by atoms with Gasteiger partial charge in [-0.05, 0) is 49.2 Å². The number of carboxylic acids is 1. The molecule has 0 amide bonds. The van der Waals surface area contributed by atoms with Crippen LogP contribution in [0.4, 0.5) is 0 Å². The second-order valence-electron chi connectivity index (χ2n) is 5.27. The Morgan fingerprint density at radius 1 is 1.00 bits per heavy atom. The highest BCUT2D eigenvalue weighted by molar-refractivity contribution is 5.85. The maximum Gasteiger partial charge on any atom is 0.328 e. The summed E-state index contributed by atoms with van der Waals surface area (Å²) < 4.78 is 17.0. The minimum absolute atomic E-state index is 0.374. The molecule has 5 heteroatoms. The van der Waals surface area contributed by atoms with Gasteiger partial charge in [0, 0.05) is 6.08 Å². The molecule has 0 saturated heterocycles. The Bertz CT molecular complexity index is 737. The van der Waals surface area contributed by atoms with Crippen LogP contribution in [0.2, 0.25) is 0 Å². The molecule has 0 unspecified atom stereocenters. The molecule has 5 nitrogen and oxygen atoms in total. The van der Waals surface area contributed by atoms with Gasteiger partial charge in [0.15, 0.2) is 11.5 Å². The zero-order valence-corrected chi connectivity index (χ0v) is 14.4. The molecule has 0 aromatic heterocycles. The van der Waals surface area contributed by atoms with E-state index in [1.165, 1.54) is 6.08 Å². The topological polar surface area (TPSA) is 65.0 Å². The quantitative estimate of drug-likeness (QED) is 0.552. The van der Waals surface area contributed by atoms with Crippen molar-refractivity contribution in [2.75, 3.05) is 19.8 Å². The lowest BCUT2D eigenvalue weighted by atomic mass is 10.2. The van der Waals surface area contributed by atoms with E-state index in [2.05, 4.69) is 0 Å². The van der Waals surface area contributed by atoms with E-state index in [9.17, 15) is 4.79 Å². The fourth-order valence-electron chi connectivity index (χ4n) is 2.21. The Labute approximate surface area is 147 Å². The fourth-order valence-corrected chi connectivity index (χ4v) is 2.21. The van der Waals surface area contributed by atoms with Gasteiger partial charge in [0.2, 0.25) is 0 Å². The van der Waals surface area contributed by atoms with Crippen LogP contribution in [0.25, 0.3) is 6.08 Å². The van der Waals surface area contributed by atoms with E-state index in [-0.39, 0.29) is 0 Å². The third-order valence-electron chi connectivity index (χ3n) is 3.38. The lowest BCUT2D eigenvalue weighted by Gasteiger charge is -2.13. The predicted molar refractivity (Wildman–Crippen MR) is 96.4 cm³/mol. The van der Waals surface area contributed by atoms with Crippen molar-refractivity contribution < 1.29 is 24.1 Å². The van der Waals surface area contributed by atoms with E-state index in [1.807, 2.05) is 38.1 Å². The molecule has 0 spiro atoms. The number of carboxylic acid groups (broad SMARTS) is 1. The van der Waals surface area contributed by atoms with Gasteiger partial charge in [-0.15, -0.1) is 0 Å². The highest BCUT2D eigenvalue weighted by atomic mass is 16.5. The van der Waals surface area contributed by atoms with Gasteiger partial charge in [-0.25, -0.2) is 4.79 Å². The van der Waals surface area contributed by atoms with Crippen LogP contribution in [0.3, 0.4) is 0 Å². The van der Waals surface area contributed by atoms with Crippen molar-refractivity contribution in [2.24, 2.45) is 0 Å². The SMILES string of the molecule is CCOc1cc(C=CC(=O)O)ccc1OCCOc1ccccc1C. The van der Waals surface area contributed by atoms with E-state index in [1.54, 1.807) is 18.2 Å². The summed E-state index contributed by atoms with van der Waals surface area (Å²) in [6, 6.07) is 13.1. The van der Waals surface area contributed by atoms with Crippen LogP contribution in [0.1, 0.15) is 18.1 Å². The van der Waals surface area contributed by atoms with Gasteiger partial charge in [-0.2, -0.15) is 0 Å². The number of carbonyl (C=O) groups is 1. The highest BCUT2D eigenvalue weighted by Gasteiger charge is 2.06. The number of aliphatic carboxylic acids is 1. The zero-order valence-electron chi connectivity index (χ0n) is 14.4. The first-order chi connectivity index (χ1) is 12.1. The lowest BCUT2D eigenvalue weighted by Crippen LogP contribution is -2.10. The average molecular weight is 342 g/mol. The standard InChI is InChI=1S/C20H22O5/c1-3-23-19-14-16(9-11-20(21)22)8-10-18(19)25-13-12-24-17-7-5-4-6-15(17)2/h4-11,14H,3,12-13H2,1-2H3,(H,21,22). The van der Waals surface area contributed by atoms with E-state index in [0.29, 0.717) is 31.3 Å². The molecule has 2 rings (SSSR count). The van der Waals surface area contributed by atoms with Crippen LogP contribution >= 0.6 is 0 Å². The molecule has 0 atom stereocenters. The van der Waals surface area contributed by atoms with Crippen LogP contribution in [-0.4, -0.2) is 30.9 Å². The van der Waals surface area contributed by atoms with Gasteiger partial charge >= 0.3 is 5.97 Å². The number of benzene rings is 2. The molecule has 0 heterocycles. The molecule has 0 saturated carbocycles. The molecule has 0 fully saturated rings. The second-order valence-corrected chi connectivity index (χ2v) is 5.27. The Balaban J connectivity index is 1.96. The molecule has 1 N–H and O–H groups in total. The Kier molecular flexibility index (Phi) is 6.89. The van der Waals surface area contributed by atoms with E-state index >= 15 is 0 Å². The van der Waals surface area contributed by atoms with Gasteiger partial charge in [0.1, 0.15) is 19.0 Å². The van der Waals surface area contributed by atoms with Gasteiger partial charge in [0.25, 0.3) is 0 Å². The van der Waals surface area contributed by atoms with E-state index in [4.69, 9.17) is 19.3 Å². The second kappa shape index (κ2) is 9.37. The molecule has 25 heavy (non-hydrogen) atoms. The molecule has 0 aliphatic carbocycles. The van der Waals surface area contributed by atoms with E-state index < -0.39 is 5.97 Å². The Morgan fingerprint density at radius 3 is 2.40 bits per heavy atom. The molecule has 0 aliphatic rings. The zero-order chi connectivity index (χ0) is 18.1. The third kappa shape index (κ3) is 5.88. The molecule has 0 bridgehead atoms. The summed E-state index contributed by atoms with van der Waals surface area (Å²) >= 11 is 0. The maximum absolute atomic E-state index is 10.6. The molecule has 2 aromatic carbocycles. The summed E-state index contributed by atoms with van der Waals surface area (Å²) in [5.74, 6) is 1.02. The van der Waals surface area contributed by atoms with Crippen molar-refractivity contribution >= 4 is 12.0 Å². The predicted octanol–water partition coefficient (Wildman–Crippen LogP) is 3.95. The summed E-state index contributed by atoms with van der Waals surface area (Å²) in [6.45, 7) is 5.15. The molecule has 132 valence electrons. The lowest BCUT2D eigenvalue weighted by molar-refractivity contribution is -0.131. The first-order valence-corrected chi connectivity index (χ1v) is 8.09. The fraction of sp³-hybridized carbons (Fsp3) is 0.250. The number of hydrogen-bond donors (Lipinski definition) is 1. The van der Waals surface area contributed by atoms with Crippen LogP contribution in [0.15, 0.2) is 48.5 Å². The maximum atomic E-state index is 10.6. The smallest absolute Gasteiger partial charge is 0.328 e. The highest BCUT2D eigenvalue weighted by Crippen LogP contribution is 2.29. The average Bonchev–Trinajstić information content (AvgIpc) is 2.60. The van der Waals surface area contributed by atoms with Crippen LogP contribution in [0, 0.1) is 6.92 Å². The van der Waals surface area contributed by atoms with Gasteiger partial charge in [-0.3, -0.25) is 0 Å². The van der Waals surface area contributed by atoms with Crippen molar-refractivity contribution in [1.82, 2.24) is 0 Å². The van der Waals surface area contributed by atoms with Crippen molar-refractivity contribution in [3.8, 4) is 17.2 Å². The third-order valence-corrected chi connectivity index (χ3v) is 3.38. The van der Waals surface area contributed by atoms with Crippen LogP contribution < -0.4 is 14.2 Å². The Hall–Kier alpha value is -2.95. The van der Waals surface area contributed by atoms with E-state index in [0.717, 1.165) is 23.0 Å². The molecular weight excluding hydrogens is 320 g/mol. The molecule has 0 aliphatic heterocycles. The number of para-hydroxylation sites is 1. The Morgan fingerprint density at radius 2 is 1.72 bits per heavy atom. The molecule has 0 radical (unpaired) electrons. The molecule has 2 aromatic rings. The number of rotatable bonds is 9. The summed E-state index contributed by atoms with van der Waals surface area (Å²) in [5.41, 5.74) is 1.81. The van der Waals surface area contributed by atoms with Gasteiger partial charge in [-0.1, -0.05) is 24.3 Å². The van der Waals surface area contributed by atoms with Crippen molar-refractivity contribution in [3.63, 3.8) is 0 Å². The summed E-state index contributed by atoms with van der Waals surface area (Å²) in [7, 11) is 0. The number of aryl methyl sites for hydroxylation is 1. The number of hydrogen-bond acceptors (Lipinski definition) is 4. The summed E-state index contributed by atoms with van der Waals surface area (Å²) in [4.78, 5) is 10.6. The minimum atomic E-state index is -0.994. The summed E-state index contributed by atoms with van der Waals surface area (Å²) in [6.07, 6.45) is 2.59. The van der Waals surface area contributed by atoms with Crippen LogP contribution in [0.5, 0.6) is 17.2 Å². The largest absolute Gasteiger partial charge is 0.490 e. The van der Waals surface area contributed by atoms with Gasteiger partial charge < -0.3 is 19.3 Å². The van der Waals surface area contributed by atoms with Crippen molar-refractivity contribution in [2.45, 2.75) is 13.8 Å². The monoisotopic (exact) mass is 342 g/mol. The van der Waals surface area contributed by atoms with Crippen LogP contribution in [-0.2, 0) is 4.79 Å². The first kappa shape index (κ1) is 18.4. The minimum Gasteiger partial charge on any atom is -0.490 e. The van der Waals surface area contributed by atoms with Crippen molar-refractivity contribution in [1.29, 1.82) is 0 Å².